The Labute approximate surface area is 434 Å². The van der Waals surface area contributed by atoms with E-state index in [0.717, 1.165) is 55.7 Å². The Kier molecular flexibility index (Phi) is 15.8. The first-order chi connectivity index (χ1) is 35.5. The third-order valence-corrected chi connectivity index (χ3v) is 17.8. The Morgan fingerprint density at radius 2 is 1.70 bits per heavy atom. The van der Waals surface area contributed by atoms with E-state index in [9.17, 15) is 22.8 Å². The standard InChI is InChI=1S/C53H72N14O6S/c1-33(54-7)28-55-43-31-66(20-18-38-16-17-44(67(38)51(43)70)49(68)60-41-15-10-13-36-12-8-9-14-39(36)41)50(69)37-29-56-52(57-30-37)65-23-21-64(22-24-65)19-11-25-73-45-27-42-40(26-46(45)74(71,72)53(4,5)6)48(59-32-58-42)61-47-34(2)35(3)62-63-47/h8-9,12,14,26-27,29-30,32-33,38,41,43-44,54-55H,10-11,13,15-25,28,31H2,1-7H3,(H,60,68)(H2,58,59,61,62,63)/t33-,38+,41+,43-,44-/m0/s1. The van der Waals surface area contributed by atoms with Crippen molar-refractivity contribution in [2.75, 3.05) is 76.2 Å². The number of anilines is 3. The summed E-state index contributed by atoms with van der Waals surface area (Å²) in [7, 11) is -1.96. The van der Waals surface area contributed by atoms with Crippen molar-refractivity contribution in [2.45, 2.75) is 126 Å². The lowest BCUT2D eigenvalue weighted by Crippen LogP contribution is -2.61. The zero-order valence-electron chi connectivity index (χ0n) is 43.8. The number of hydrogen-bond acceptors (Lipinski definition) is 16. The van der Waals surface area contributed by atoms with Gasteiger partial charge in [0.15, 0.2) is 15.7 Å². The fraction of sp³-hybridized carbons (Fsp3) is 0.547. The Morgan fingerprint density at radius 3 is 2.43 bits per heavy atom. The molecule has 20 nitrogen and oxygen atoms in total. The van der Waals surface area contributed by atoms with Gasteiger partial charge in [0.1, 0.15) is 34.9 Å². The number of nitrogens with zero attached hydrogens (tertiary/aromatic N) is 9. The summed E-state index contributed by atoms with van der Waals surface area (Å²) in [4.78, 5) is 69.2. The highest BCUT2D eigenvalue weighted by molar-refractivity contribution is 7.92. The Morgan fingerprint density at radius 1 is 0.932 bits per heavy atom. The number of aromatic nitrogens is 6. The van der Waals surface area contributed by atoms with Crippen LogP contribution in [0, 0.1) is 13.8 Å². The number of piperazine rings is 1. The lowest BCUT2D eigenvalue weighted by atomic mass is 9.87. The number of likely N-dealkylation sites (N-methyl/N-ethyl adjacent to an activating group) is 1. The van der Waals surface area contributed by atoms with Gasteiger partial charge in [0.05, 0.1) is 28.5 Å². The summed E-state index contributed by atoms with van der Waals surface area (Å²) < 4.78 is 33.2. The minimum Gasteiger partial charge on any atom is -0.492 e. The fourth-order valence-corrected chi connectivity index (χ4v) is 11.8. The van der Waals surface area contributed by atoms with Gasteiger partial charge < -0.3 is 40.7 Å². The molecule has 3 aliphatic heterocycles. The van der Waals surface area contributed by atoms with Gasteiger partial charge in [-0.1, -0.05) is 24.3 Å². The van der Waals surface area contributed by atoms with Crippen molar-refractivity contribution in [3.63, 3.8) is 0 Å². The zero-order chi connectivity index (χ0) is 52.3. The quantitative estimate of drug-likeness (QED) is 0.0848. The van der Waals surface area contributed by atoms with Gasteiger partial charge in [-0.2, -0.15) is 5.10 Å². The smallest absolute Gasteiger partial charge is 0.257 e. The lowest BCUT2D eigenvalue weighted by Gasteiger charge is -2.39. The maximum atomic E-state index is 14.6. The van der Waals surface area contributed by atoms with Crippen molar-refractivity contribution >= 4 is 56.0 Å². The van der Waals surface area contributed by atoms with Crippen LogP contribution in [0.1, 0.15) is 105 Å². The summed E-state index contributed by atoms with van der Waals surface area (Å²) in [5.41, 5.74) is 5.15. The van der Waals surface area contributed by atoms with E-state index in [1.165, 1.54) is 11.9 Å². The summed E-state index contributed by atoms with van der Waals surface area (Å²) in [6, 6.07) is 10.1. The van der Waals surface area contributed by atoms with Crippen molar-refractivity contribution in [1.29, 1.82) is 0 Å². The molecule has 5 atom stereocenters. The third kappa shape index (κ3) is 11.2. The maximum Gasteiger partial charge on any atom is 0.257 e. The van der Waals surface area contributed by atoms with Crippen LogP contribution in [0.2, 0.25) is 0 Å². The second-order valence-corrected chi connectivity index (χ2v) is 23.9. The van der Waals surface area contributed by atoms with Crippen molar-refractivity contribution in [3.8, 4) is 5.75 Å². The van der Waals surface area contributed by atoms with E-state index in [1.807, 2.05) is 44.9 Å². The van der Waals surface area contributed by atoms with Crippen LogP contribution in [0.4, 0.5) is 17.6 Å². The number of hydrogen-bond donors (Lipinski definition) is 5. The largest absolute Gasteiger partial charge is 0.492 e. The predicted molar refractivity (Wildman–Crippen MR) is 283 cm³/mol. The molecule has 1 aliphatic carbocycles. The number of amides is 3. The molecule has 0 radical (unpaired) electrons. The molecule has 5 N–H and O–H groups in total. The van der Waals surface area contributed by atoms with Gasteiger partial charge >= 0.3 is 0 Å². The zero-order valence-corrected chi connectivity index (χ0v) is 44.6. The first-order valence-electron chi connectivity index (χ1n) is 26.1. The summed E-state index contributed by atoms with van der Waals surface area (Å²) in [5, 5.41) is 21.1. The molecule has 0 unspecified atom stereocenters. The molecule has 3 aromatic heterocycles. The topological polar surface area (TPSA) is 236 Å². The Balaban J connectivity index is 0.795. The van der Waals surface area contributed by atoms with Gasteiger partial charge in [-0.15, -0.1) is 0 Å². The third-order valence-electron chi connectivity index (χ3n) is 15.3. The monoisotopic (exact) mass is 1030 g/mol. The first kappa shape index (κ1) is 52.6. The van der Waals surface area contributed by atoms with Gasteiger partial charge in [-0.05, 0) is 111 Å². The van der Waals surface area contributed by atoms with E-state index >= 15 is 0 Å². The van der Waals surface area contributed by atoms with Crippen LogP contribution in [0.5, 0.6) is 5.75 Å². The van der Waals surface area contributed by atoms with E-state index in [1.54, 1.807) is 50.2 Å². The second-order valence-electron chi connectivity index (χ2n) is 21.2. The van der Waals surface area contributed by atoms with Crippen LogP contribution in [0.25, 0.3) is 10.9 Å². The average molecular weight is 1030 g/mol. The van der Waals surface area contributed by atoms with Crippen LogP contribution in [-0.2, 0) is 25.8 Å². The molecule has 2 aromatic carbocycles. The normalized spacial score (nSPS) is 21.2. The van der Waals surface area contributed by atoms with Crippen molar-refractivity contribution < 1.29 is 27.5 Å². The van der Waals surface area contributed by atoms with Crippen LogP contribution in [-0.4, -0.2) is 166 Å². The number of carbonyl (C=O) groups excluding carboxylic acids is 3. The lowest BCUT2D eigenvalue weighted by molar-refractivity contribution is -0.143. The molecule has 3 saturated heterocycles. The minimum atomic E-state index is -3.83. The van der Waals surface area contributed by atoms with E-state index < -0.39 is 26.7 Å². The second kappa shape index (κ2) is 22.3. The van der Waals surface area contributed by atoms with Gasteiger partial charge in [-0.25, -0.2) is 28.4 Å². The molecule has 396 valence electrons. The molecule has 0 spiro atoms. The number of ether oxygens (including phenoxy) is 1. The number of benzene rings is 2. The molecular weight excluding hydrogens is 961 g/mol. The summed E-state index contributed by atoms with van der Waals surface area (Å²) >= 11 is 0. The molecule has 9 rings (SSSR count). The number of sulfone groups is 1. The fourth-order valence-electron chi connectivity index (χ4n) is 10.5. The molecule has 0 saturated carbocycles. The van der Waals surface area contributed by atoms with Gasteiger partial charge in [-0.3, -0.25) is 24.4 Å². The molecular formula is C53H72N14O6S. The van der Waals surface area contributed by atoms with Crippen LogP contribution >= 0.6 is 0 Å². The van der Waals surface area contributed by atoms with Gasteiger partial charge in [0.2, 0.25) is 17.8 Å². The van der Waals surface area contributed by atoms with E-state index in [2.05, 4.69) is 73.3 Å². The molecule has 5 aromatic rings. The SMILES string of the molecule is CN[C@@H](C)CN[C@H]1CN(C(=O)c2cnc(N3CCN(CCCOc4cc5ncnc(Nc6n[nH]c(C)c6C)c5cc4S(=O)(=O)C(C)(C)C)CC3)nc2)CC[C@H]2CC[C@@H](C(=O)N[C@@H]3CCCc4ccccc43)N2C1=O. The van der Waals surface area contributed by atoms with Crippen LogP contribution in [0.15, 0.2) is 60.0 Å². The highest BCUT2D eigenvalue weighted by atomic mass is 32.2. The highest BCUT2D eigenvalue weighted by Crippen LogP contribution is 2.38. The maximum absolute atomic E-state index is 14.6. The van der Waals surface area contributed by atoms with Gasteiger partial charge in [0, 0.05) is 99.5 Å². The Hall–Kier alpha value is -6.29. The molecule has 4 aliphatic rings. The summed E-state index contributed by atoms with van der Waals surface area (Å²) in [5.74, 6) is 1.32. The van der Waals surface area contributed by atoms with Crippen LogP contribution in [0.3, 0.4) is 0 Å². The summed E-state index contributed by atoms with van der Waals surface area (Å²) in [6.07, 6.45) is 9.94. The molecule has 21 heteroatoms. The van der Waals surface area contributed by atoms with Gasteiger partial charge in [0.25, 0.3) is 5.91 Å². The van der Waals surface area contributed by atoms with Crippen molar-refractivity contribution in [3.05, 3.63) is 83.1 Å². The molecule has 3 amide bonds. The first-order valence-corrected chi connectivity index (χ1v) is 27.6. The highest BCUT2D eigenvalue weighted by Gasteiger charge is 2.46. The number of fused-ring (bicyclic) bond motifs is 3. The number of nitrogens with one attached hydrogen (secondary N) is 5. The van der Waals surface area contributed by atoms with Crippen molar-refractivity contribution in [1.82, 2.24) is 60.8 Å². The summed E-state index contributed by atoms with van der Waals surface area (Å²) in [6.45, 7) is 15.9. The molecule has 74 heavy (non-hydrogen) atoms. The average Bonchev–Trinajstić information content (AvgIpc) is 3.97. The number of carbonyl (C=O) groups is 3. The molecule has 6 heterocycles. The van der Waals surface area contributed by atoms with E-state index in [4.69, 9.17) is 4.74 Å². The Bertz CT molecular complexity index is 2940. The number of H-pyrrole nitrogens is 1. The molecule has 3 fully saturated rings. The van der Waals surface area contributed by atoms with E-state index in [-0.39, 0.29) is 53.0 Å². The number of aryl methyl sites for hydroxylation is 2. The van der Waals surface area contributed by atoms with Crippen LogP contribution < -0.4 is 30.9 Å². The molecule has 0 bridgehead atoms. The predicted octanol–water partition coefficient (Wildman–Crippen LogP) is 4.63. The number of aromatic amines is 1. The number of rotatable bonds is 16. The minimum absolute atomic E-state index is 0.0719. The van der Waals surface area contributed by atoms with Crippen molar-refractivity contribution in [2.24, 2.45) is 0 Å². The van der Waals surface area contributed by atoms with E-state index in [0.29, 0.717) is 92.5 Å².